The van der Waals surface area contributed by atoms with Gasteiger partial charge in [0.25, 0.3) is 0 Å². The first-order chi connectivity index (χ1) is 25.8. The largest absolute Gasteiger partial charge is 0.208 e. The molecule has 3 nitrogen and oxygen atoms in total. The maximum Gasteiger partial charge on any atom is 0.164 e. The van der Waals surface area contributed by atoms with Crippen molar-refractivity contribution in [2.75, 3.05) is 0 Å². The van der Waals surface area contributed by atoms with Crippen LogP contribution in [0.1, 0.15) is 0 Å². The van der Waals surface area contributed by atoms with Gasteiger partial charge in [-0.25, -0.2) is 15.0 Å². The molecule has 3 heteroatoms. The average Bonchev–Trinajstić information content (AvgIpc) is 3.24. The molecule has 0 atom stereocenters. The summed E-state index contributed by atoms with van der Waals surface area (Å²) in [6.07, 6.45) is 0. The van der Waals surface area contributed by atoms with E-state index in [-0.39, 0.29) is 0 Å². The molecule has 0 radical (unpaired) electrons. The lowest BCUT2D eigenvalue weighted by Crippen LogP contribution is -2.00. The Morgan fingerprint density at radius 3 is 1.23 bits per heavy atom. The first kappa shape index (κ1) is 31.0. The van der Waals surface area contributed by atoms with Crippen molar-refractivity contribution in [3.05, 3.63) is 200 Å². The molecule has 0 amide bonds. The van der Waals surface area contributed by atoms with Crippen molar-refractivity contribution >= 4 is 10.8 Å². The van der Waals surface area contributed by atoms with E-state index in [9.17, 15) is 0 Å². The predicted octanol–water partition coefficient (Wildman–Crippen LogP) is 12.7. The number of rotatable bonds is 7. The van der Waals surface area contributed by atoms with Crippen LogP contribution in [-0.4, -0.2) is 15.0 Å². The summed E-state index contributed by atoms with van der Waals surface area (Å²) in [4.78, 5) is 15.3. The first-order valence-corrected chi connectivity index (χ1v) is 17.5. The molecule has 0 saturated carbocycles. The summed E-state index contributed by atoms with van der Waals surface area (Å²) < 4.78 is 0. The standard InChI is InChI=1S/C49H33N3/c1-5-17-34(18-6-1)38-25-15-27-40(31-38)48-50-47(37-23-11-4-12-24-37)51-49(52-48)41-28-16-26-39(32-41)45-33-44(35-19-7-2-8-20-35)42-29-13-14-30-43(42)46(45)36-21-9-3-10-22-36/h1-33H. The molecule has 52 heavy (non-hydrogen) atoms. The van der Waals surface area contributed by atoms with Gasteiger partial charge in [0.1, 0.15) is 0 Å². The third-order valence-corrected chi connectivity index (χ3v) is 9.52. The SMILES string of the molecule is c1ccc(-c2cccc(-c3nc(-c4ccccc4)nc(-c4cccc(-c5cc(-c6ccccc6)c6ccccc6c5-c5ccccc5)c4)n3)c2)cc1. The number of hydrogen-bond acceptors (Lipinski definition) is 3. The van der Waals surface area contributed by atoms with Gasteiger partial charge < -0.3 is 0 Å². The van der Waals surface area contributed by atoms with Crippen LogP contribution in [0.4, 0.5) is 0 Å². The Kier molecular flexibility index (Phi) is 8.20. The highest BCUT2D eigenvalue weighted by Gasteiger charge is 2.18. The van der Waals surface area contributed by atoms with E-state index in [0.29, 0.717) is 17.5 Å². The average molecular weight is 664 g/mol. The Morgan fingerprint density at radius 2 is 0.635 bits per heavy atom. The van der Waals surface area contributed by atoms with Crippen molar-refractivity contribution in [2.24, 2.45) is 0 Å². The molecular weight excluding hydrogens is 631 g/mol. The van der Waals surface area contributed by atoms with E-state index in [1.54, 1.807) is 0 Å². The second kappa shape index (κ2) is 13.7. The molecule has 8 aromatic carbocycles. The molecule has 244 valence electrons. The summed E-state index contributed by atoms with van der Waals surface area (Å²) in [5.74, 6) is 1.90. The molecule has 0 fully saturated rings. The number of benzene rings is 8. The maximum absolute atomic E-state index is 5.14. The lowest BCUT2D eigenvalue weighted by molar-refractivity contribution is 1.07. The van der Waals surface area contributed by atoms with Gasteiger partial charge in [0.2, 0.25) is 0 Å². The molecule has 0 aliphatic carbocycles. The summed E-state index contributed by atoms with van der Waals surface area (Å²) in [7, 11) is 0. The summed E-state index contributed by atoms with van der Waals surface area (Å²) in [5, 5.41) is 2.43. The van der Waals surface area contributed by atoms with Crippen LogP contribution < -0.4 is 0 Å². The summed E-state index contributed by atoms with van der Waals surface area (Å²) >= 11 is 0. The minimum Gasteiger partial charge on any atom is -0.208 e. The van der Waals surface area contributed by atoms with Crippen LogP contribution in [0.3, 0.4) is 0 Å². The Bertz CT molecular complexity index is 2650. The van der Waals surface area contributed by atoms with Gasteiger partial charge in [0.15, 0.2) is 17.5 Å². The normalized spacial score (nSPS) is 11.1. The molecular formula is C49H33N3. The van der Waals surface area contributed by atoms with Crippen LogP contribution in [0.25, 0.3) is 89.4 Å². The highest BCUT2D eigenvalue weighted by molar-refractivity contribution is 6.10. The highest BCUT2D eigenvalue weighted by Crippen LogP contribution is 2.43. The van der Waals surface area contributed by atoms with Crippen molar-refractivity contribution in [3.8, 4) is 78.7 Å². The molecule has 0 spiro atoms. The molecule has 0 unspecified atom stereocenters. The Balaban J connectivity index is 1.25. The van der Waals surface area contributed by atoms with Gasteiger partial charge in [0, 0.05) is 16.7 Å². The maximum atomic E-state index is 5.14. The fourth-order valence-corrected chi connectivity index (χ4v) is 7.02. The van der Waals surface area contributed by atoms with Crippen molar-refractivity contribution in [1.82, 2.24) is 15.0 Å². The van der Waals surface area contributed by atoms with Crippen LogP contribution in [0.5, 0.6) is 0 Å². The number of aromatic nitrogens is 3. The van der Waals surface area contributed by atoms with Crippen molar-refractivity contribution in [3.63, 3.8) is 0 Å². The van der Waals surface area contributed by atoms with Crippen LogP contribution in [-0.2, 0) is 0 Å². The Morgan fingerprint density at radius 1 is 0.231 bits per heavy atom. The van der Waals surface area contributed by atoms with Gasteiger partial charge >= 0.3 is 0 Å². The number of nitrogens with zero attached hydrogens (tertiary/aromatic N) is 3. The van der Waals surface area contributed by atoms with Gasteiger partial charge in [-0.15, -0.1) is 0 Å². The molecule has 0 N–H and O–H groups in total. The zero-order chi connectivity index (χ0) is 34.7. The zero-order valence-electron chi connectivity index (χ0n) is 28.4. The minimum absolute atomic E-state index is 0.626. The summed E-state index contributed by atoms with van der Waals surface area (Å²) in [6.45, 7) is 0. The van der Waals surface area contributed by atoms with Crippen molar-refractivity contribution in [1.29, 1.82) is 0 Å². The van der Waals surface area contributed by atoms with Crippen LogP contribution in [0, 0.1) is 0 Å². The van der Waals surface area contributed by atoms with Gasteiger partial charge in [-0.3, -0.25) is 0 Å². The zero-order valence-corrected chi connectivity index (χ0v) is 28.4. The third kappa shape index (κ3) is 6.06. The first-order valence-electron chi connectivity index (χ1n) is 17.5. The van der Waals surface area contributed by atoms with E-state index in [1.807, 2.05) is 36.4 Å². The van der Waals surface area contributed by atoms with E-state index in [4.69, 9.17) is 15.0 Å². The third-order valence-electron chi connectivity index (χ3n) is 9.52. The van der Waals surface area contributed by atoms with E-state index in [1.165, 1.54) is 33.0 Å². The molecule has 9 aromatic rings. The van der Waals surface area contributed by atoms with E-state index >= 15 is 0 Å². The van der Waals surface area contributed by atoms with Crippen LogP contribution >= 0.6 is 0 Å². The second-order valence-corrected chi connectivity index (χ2v) is 12.8. The predicted molar refractivity (Wildman–Crippen MR) is 215 cm³/mol. The van der Waals surface area contributed by atoms with E-state index < -0.39 is 0 Å². The van der Waals surface area contributed by atoms with Crippen molar-refractivity contribution in [2.45, 2.75) is 0 Å². The fraction of sp³-hybridized carbons (Fsp3) is 0. The Labute approximate surface area is 303 Å². The molecule has 0 saturated heterocycles. The molecule has 0 aliphatic heterocycles. The molecule has 0 aliphatic rings. The monoisotopic (exact) mass is 663 g/mol. The van der Waals surface area contributed by atoms with Crippen LogP contribution in [0.15, 0.2) is 200 Å². The van der Waals surface area contributed by atoms with E-state index in [0.717, 1.165) is 38.9 Å². The highest BCUT2D eigenvalue weighted by atomic mass is 15.0. The van der Waals surface area contributed by atoms with Gasteiger partial charge in [0.05, 0.1) is 0 Å². The molecule has 9 rings (SSSR count). The minimum atomic E-state index is 0.626. The molecule has 1 aromatic heterocycles. The summed E-state index contributed by atoms with van der Waals surface area (Å²) in [6, 6.07) is 70.0. The summed E-state index contributed by atoms with van der Waals surface area (Å²) in [5.41, 5.74) is 12.1. The number of hydrogen-bond donors (Lipinski definition) is 0. The smallest absolute Gasteiger partial charge is 0.164 e. The van der Waals surface area contributed by atoms with Gasteiger partial charge in [-0.2, -0.15) is 0 Å². The van der Waals surface area contributed by atoms with E-state index in [2.05, 4.69) is 164 Å². The fourth-order valence-electron chi connectivity index (χ4n) is 7.02. The van der Waals surface area contributed by atoms with Crippen LogP contribution in [0.2, 0.25) is 0 Å². The molecule has 1 heterocycles. The quantitative estimate of drug-likeness (QED) is 0.170. The van der Waals surface area contributed by atoms with Crippen molar-refractivity contribution < 1.29 is 0 Å². The Hall–Kier alpha value is -6.97. The lowest BCUT2D eigenvalue weighted by Gasteiger charge is -2.18. The topological polar surface area (TPSA) is 38.7 Å². The lowest BCUT2D eigenvalue weighted by atomic mass is 9.85. The van der Waals surface area contributed by atoms with Gasteiger partial charge in [-0.05, 0) is 73.5 Å². The second-order valence-electron chi connectivity index (χ2n) is 12.8. The van der Waals surface area contributed by atoms with Gasteiger partial charge in [-0.1, -0.05) is 182 Å². The number of fused-ring (bicyclic) bond motifs is 1. The molecule has 0 bridgehead atoms.